The third kappa shape index (κ3) is 3.25. The summed E-state index contributed by atoms with van der Waals surface area (Å²) in [5, 5.41) is 3.05. The molecule has 2 rings (SSSR count). The van der Waals surface area contributed by atoms with Crippen LogP contribution in [0.2, 0.25) is 0 Å². The molecule has 0 aliphatic rings. The predicted octanol–water partition coefficient (Wildman–Crippen LogP) is 5.10. The lowest BCUT2D eigenvalue weighted by atomic mass is 10.1. The fraction of sp³-hybridized carbons (Fsp3) is 0.143. The van der Waals surface area contributed by atoms with Gasteiger partial charge in [-0.25, -0.2) is 0 Å². The van der Waals surface area contributed by atoms with Gasteiger partial charge in [0.15, 0.2) is 0 Å². The Hall–Kier alpha value is -1.69. The molecule has 0 saturated heterocycles. The molecule has 0 spiro atoms. The molecule has 0 aliphatic heterocycles. The third-order valence-electron chi connectivity index (χ3n) is 2.85. The molecule has 0 aliphatic carbocycles. The molecule has 0 bridgehead atoms. The second-order valence-electron chi connectivity index (χ2n) is 4.39. The fourth-order valence-corrected chi connectivity index (χ4v) is 2.15. The average Bonchev–Trinajstić information content (AvgIpc) is 2.35. The van der Waals surface area contributed by atoms with E-state index in [9.17, 15) is 13.2 Å². The number of nitrogens with one attached hydrogen (secondary N) is 1. The zero-order chi connectivity index (χ0) is 14.9. The summed E-state index contributed by atoms with van der Waals surface area (Å²) < 4.78 is 38.1. The van der Waals surface area contributed by atoms with Crippen LogP contribution >= 0.6 is 15.9 Å². The Morgan fingerprint density at radius 2 is 1.70 bits per heavy atom. The molecule has 3 N–H and O–H groups in total. The first kappa shape index (κ1) is 14.7. The Kier molecular flexibility index (Phi) is 3.94. The van der Waals surface area contributed by atoms with Gasteiger partial charge in [-0.15, -0.1) is 0 Å². The number of hydrogen-bond donors (Lipinski definition) is 2. The standard InChI is InChI=1S/C14H12BrF3N2/c1-8-6-13(11(15)7-12(8)19)20-10-4-2-9(3-5-10)14(16,17)18/h2-7,20H,19H2,1H3. The number of rotatable bonds is 2. The molecule has 0 fully saturated rings. The molecule has 0 radical (unpaired) electrons. The van der Waals surface area contributed by atoms with Gasteiger partial charge in [0, 0.05) is 15.8 Å². The van der Waals surface area contributed by atoms with Crippen LogP contribution in [-0.4, -0.2) is 0 Å². The summed E-state index contributed by atoms with van der Waals surface area (Å²) in [4.78, 5) is 0. The van der Waals surface area contributed by atoms with E-state index < -0.39 is 11.7 Å². The van der Waals surface area contributed by atoms with Gasteiger partial charge in [0.2, 0.25) is 0 Å². The van der Waals surface area contributed by atoms with Crippen LogP contribution in [0.25, 0.3) is 0 Å². The van der Waals surface area contributed by atoms with Crippen LogP contribution in [-0.2, 0) is 6.18 Å². The number of halogens is 4. The van der Waals surface area contributed by atoms with Crippen LogP contribution in [0.1, 0.15) is 11.1 Å². The van der Waals surface area contributed by atoms with Crippen molar-refractivity contribution in [3.63, 3.8) is 0 Å². The van der Waals surface area contributed by atoms with Crippen molar-refractivity contribution in [2.24, 2.45) is 0 Å². The zero-order valence-corrected chi connectivity index (χ0v) is 12.1. The van der Waals surface area contributed by atoms with E-state index >= 15 is 0 Å². The molecule has 0 amide bonds. The Labute approximate surface area is 122 Å². The van der Waals surface area contributed by atoms with Crippen molar-refractivity contribution in [1.29, 1.82) is 0 Å². The molecule has 20 heavy (non-hydrogen) atoms. The van der Waals surface area contributed by atoms with Crippen LogP contribution in [0.15, 0.2) is 40.9 Å². The van der Waals surface area contributed by atoms with Crippen molar-refractivity contribution >= 4 is 33.0 Å². The molecule has 2 nitrogen and oxygen atoms in total. The van der Waals surface area contributed by atoms with Gasteiger partial charge in [0.1, 0.15) is 0 Å². The molecule has 0 aromatic heterocycles. The quantitative estimate of drug-likeness (QED) is 0.743. The SMILES string of the molecule is Cc1cc(Nc2ccc(C(F)(F)F)cc2)c(Br)cc1N. The van der Waals surface area contributed by atoms with Gasteiger partial charge in [-0.3, -0.25) is 0 Å². The normalized spacial score (nSPS) is 11.4. The maximum atomic E-state index is 12.5. The molecule has 2 aromatic rings. The van der Waals surface area contributed by atoms with Crippen molar-refractivity contribution in [1.82, 2.24) is 0 Å². The van der Waals surface area contributed by atoms with E-state index in [1.165, 1.54) is 12.1 Å². The number of alkyl halides is 3. The van der Waals surface area contributed by atoms with Gasteiger partial charge in [-0.1, -0.05) is 0 Å². The molecular weight excluding hydrogens is 333 g/mol. The second kappa shape index (κ2) is 5.36. The summed E-state index contributed by atoms with van der Waals surface area (Å²) >= 11 is 3.36. The van der Waals surface area contributed by atoms with Gasteiger partial charge in [0.05, 0.1) is 11.3 Å². The van der Waals surface area contributed by atoms with E-state index in [0.717, 1.165) is 27.9 Å². The first-order valence-corrected chi connectivity index (χ1v) is 6.56. The van der Waals surface area contributed by atoms with E-state index in [-0.39, 0.29) is 0 Å². The lowest BCUT2D eigenvalue weighted by Gasteiger charge is -2.12. The van der Waals surface area contributed by atoms with Gasteiger partial charge in [-0.2, -0.15) is 13.2 Å². The third-order valence-corrected chi connectivity index (χ3v) is 3.50. The molecule has 0 heterocycles. The first-order chi connectivity index (χ1) is 9.27. The van der Waals surface area contributed by atoms with E-state index in [1.54, 1.807) is 6.07 Å². The highest BCUT2D eigenvalue weighted by Gasteiger charge is 2.29. The van der Waals surface area contributed by atoms with Gasteiger partial charge in [0.25, 0.3) is 0 Å². The Morgan fingerprint density at radius 1 is 1.10 bits per heavy atom. The van der Waals surface area contributed by atoms with Crippen molar-refractivity contribution in [2.45, 2.75) is 13.1 Å². The monoisotopic (exact) mass is 344 g/mol. The Balaban J connectivity index is 2.25. The molecule has 106 valence electrons. The largest absolute Gasteiger partial charge is 0.416 e. The maximum absolute atomic E-state index is 12.5. The number of hydrogen-bond acceptors (Lipinski definition) is 2. The Bertz CT molecular complexity index is 622. The summed E-state index contributed by atoms with van der Waals surface area (Å²) in [6.45, 7) is 1.86. The highest BCUT2D eigenvalue weighted by molar-refractivity contribution is 9.10. The minimum atomic E-state index is -4.32. The van der Waals surface area contributed by atoms with E-state index in [1.807, 2.05) is 13.0 Å². The molecule has 0 atom stereocenters. The molecule has 0 unspecified atom stereocenters. The molecule has 6 heteroatoms. The second-order valence-corrected chi connectivity index (χ2v) is 5.24. The highest BCUT2D eigenvalue weighted by atomic mass is 79.9. The highest BCUT2D eigenvalue weighted by Crippen LogP contribution is 2.32. The number of anilines is 3. The lowest BCUT2D eigenvalue weighted by molar-refractivity contribution is -0.137. The number of nitrogens with two attached hydrogens (primary N) is 1. The zero-order valence-electron chi connectivity index (χ0n) is 10.6. The molecule has 2 aromatic carbocycles. The number of nitrogen functional groups attached to an aromatic ring is 1. The van der Waals surface area contributed by atoms with E-state index in [2.05, 4.69) is 21.2 Å². The van der Waals surface area contributed by atoms with Crippen LogP contribution in [0.3, 0.4) is 0 Å². The van der Waals surface area contributed by atoms with Crippen LogP contribution in [0, 0.1) is 6.92 Å². The van der Waals surface area contributed by atoms with Crippen LogP contribution in [0.5, 0.6) is 0 Å². The van der Waals surface area contributed by atoms with E-state index in [0.29, 0.717) is 11.4 Å². The fourth-order valence-electron chi connectivity index (χ4n) is 1.69. The maximum Gasteiger partial charge on any atom is 0.416 e. The Morgan fingerprint density at radius 3 is 2.25 bits per heavy atom. The topological polar surface area (TPSA) is 38.0 Å². The van der Waals surface area contributed by atoms with Crippen molar-refractivity contribution in [2.75, 3.05) is 11.1 Å². The summed E-state index contributed by atoms with van der Waals surface area (Å²) in [7, 11) is 0. The van der Waals surface area contributed by atoms with Crippen molar-refractivity contribution in [3.8, 4) is 0 Å². The summed E-state index contributed by atoms with van der Waals surface area (Å²) in [5.41, 5.74) is 7.96. The van der Waals surface area contributed by atoms with Gasteiger partial charge < -0.3 is 11.1 Å². The van der Waals surface area contributed by atoms with Gasteiger partial charge >= 0.3 is 6.18 Å². The van der Waals surface area contributed by atoms with Crippen LogP contribution in [0.4, 0.5) is 30.2 Å². The van der Waals surface area contributed by atoms with E-state index in [4.69, 9.17) is 5.73 Å². The minimum Gasteiger partial charge on any atom is -0.398 e. The van der Waals surface area contributed by atoms with Crippen molar-refractivity contribution < 1.29 is 13.2 Å². The smallest absolute Gasteiger partial charge is 0.398 e. The van der Waals surface area contributed by atoms with Crippen molar-refractivity contribution in [3.05, 3.63) is 52.0 Å². The summed E-state index contributed by atoms with van der Waals surface area (Å²) in [6.07, 6.45) is -4.32. The summed E-state index contributed by atoms with van der Waals surface area (Å²) in [6, 6.07) is 8.45. The number of aryl methyl sites for hydroxylation is 1. The lowest BCUT2D eigenvalue weighted by Crippen LogP contribution is -2.04. The number of benzene rings is 2. The van der Waals surface area contributed by atoms with Gasteiger partial charge in [-0.05, 0) is 64.8 Å². The van der Waals surface area contributed by atoms with Crippen LogP contribution < -0.4 is 11.1 Å². The average molecular weight is 345 g/mol. The molecular formula is C14H12BrF3N2. The first-order valence-electron chi connectivity index (χ1n) is 5.77. The molecule has 0 saturated carbocycles. The summed E-state index contributed by atoms with van der Waals surface area (Å²) in [5.74, 6) is 0. The predicted molar refractivity (Wildman–Crippen MR) is 78.0 cm³/mol. The minimum absolute atomic E-state index is 0.572.